The molecule has 0 radical (unpaired) electrons. The van der Waals surface area contributed by atoms with E-state index in [2.05, 4.69) is 39.3 Å². The first-order valence-electron chi connectivity index (χ1n) is 8.33. The molecule has 130 valence electrons. The largest absolute Gasteiger partial charge is 0.356 e. The van der Waals surface area contributed by atoms with E-state index in [4.69, 9.17) is 0 Å². The highest BCUT2D eigenvalue weighted by molar-refractivity contribution is 7.15. The summed E-state index contributed by atoms with van der Waals surface area (Å²) in [6, 6.07) is 6.88. The number of piperazine rings is 1. The minimum absolute atomic E-state index is 0.212. The van der Waals surface area contributed by atoms with Crippen LogP contribution in [0.2, 0.25) is 0 Å². The number of hydrogen-bond donors (Lipinski definition) is 1. The number of anilines is 1. The van der Waals surface area contributed by atoms with Crippen LogP contribution in [0.1, 0.15) is 17.5 Å². The Morgan fingerprint density at radius 2 is 1.88 bits per heavy atom. The zero-order chi connectivity index (χ0) is 16.9. The van der Waals surface area contributed by atoms with Gasteiger partial charge in [0.25, 0.3) is 0 Å². The van der Waals surface area contributed by atoms with Crippen LogP contribution in [0.25, 0.3) is 0 Å². The van der Waals surface area contributed by atoms with E-state index in [9.17, 15) is 4.39 Å². The Morgan fingerprint density at radius 3 is 2.58 bits per heavy atom. The molecule has 1 unspecified atom stereocenters. The van der Waals surface area contributed by atoms with Gasteiger partial charge in [-0.25, -0.2) is 4.39 Å². The van der Waals surface area contributed by atoms with E-state index in [0.717, 1.165) is 48.4 Å². The van der Waals surface area contributed by atoms with Gasteiger partial charge in [0.15, 0.2) is 0 Å². The number of benzene rings is 1. The fourth-order valence-corrected chi connectivity index (χ4v) is 3.72. The number of rotatable bonds is 6. The summed E-state index contributed by atoms with van der Waals surface area (Å²) in [4.78, 5) is 4.85. The molecule has 1 aliphatic heterocycles. The molecule has 0 aliphatic carbocycles. The lowest BCUT2D eigenvalue weighted by molar-refractivity contribution is 0.151. The van der Waals surface area contributed by atoms with E-state index >= 15 is 0 Å². The molecule has 1 aromatic carbocycles. The number of likely N-dealkylation sites (N-methyl/N-ethyl adjacent to an activating group) is 1. The van der Waals surface area contributed by atoms with E-state index in [0.29, 0.717) is 12.5 Å². The Hall–Kier alpha value is -1.57. The van der Waals surface area contributed by atoms with Crippen LogP contribution < -0.4 is 5.32 Å². The van der Waals surface area contributed by atoms with E-state index in [-0.39, 0.29) is 5.82 Å². The standard InChI is InChI=1S/C17H24FN5S/c1-13(12-23-9-7-22(2)8-10-23)19-17-21-20-16(24-17)11-14-3-5-15(18)6-4-14/h3-6,13H,7-12H2,1-2H3,(H,19,21). The van der Waals surface area contributed by atoms with Crippen molar-refractivity contribution in [1.29, 1.82) is 0 Å². The Balaban J connectivity index is 1.49. The minimum atomic E-state index is -0.212. The van der Waals surface area contributed by atoms with Crippen molar-refractivity contribution in [1.82, 2.24) is 20.0 Å². The summed E-state index contributed by atoms with van der Waals surface area (Å²) in [6.07, 6.45) is 0.687. The average Bonchev–Trinajstić information content (AvgIpc) is 2.99. The van der Waals surface area contributed by atoms with Gasteiger partial charge in [0.05, 0.1) is 0 Å². The van der Waals surface area contributed by atoms with Gasteiger partial charge < -0.3 is 10.2 Å². The van der Waals surface area contributed by atoms with Crippen LogP contribution in [-0.2, 0) is 6.42 Å². The third kappa shape index (κ3) is 4.96. The van der Waals surface area contributed by atoms with Crippen LogP contribution in [0.15, 0.2) is 24.3 Å². The first kappa shape index (κ1) is 17.3. The Labute approximate surface area is 146 Å². The first-order chi connectivity index (χ1) is 11.6. The third-order valence-electron chi connectivity index (χ3n) is 4.23. The molecule has 0 amide bonds. The molecule has 1 aromatic heterocycles. The zero-order valence-corrected chi connectivity index (χ0v) is 15.0. The van der Waals surface area contributed by atoms with Gasteiger partial charge in [-0.1, -0.05) is 23.5 Å². The lowest BCUT2D eigenvalue weighted by atomic mass is 10.2. The molecule has 1 aliphatic rings. The van der Waals surface area contributed by atoms with Gasteiger partial charge in [-0.3, -0.25) is 4.90 Å². The van der Waals surface area contributed by atoms with Crippen molar-refractivity contribution in [3.05, 3.63) is 40.7 Å². The topological polar surface area (TPSA) is 44.3 Å². The molecule has 1 atom stereocenters. The quantitative estimate of drug-likeness (QED) is 0.867. The van der Waals surface area contributed by atoms with Crippen molar-refractivity contribution in [2.24, 2.45) is 0 Å². The third-order valence-corrected chi connectivity index (χ3v) is 5.09. The summed E-state index contributed by atoms with van der Waals surface area (Å²) >= 11 is 1.57. The van der Waals surface area contributed by atoms with Crippen molar-refractivity contribution in [2.45, 2.75) is 19.4 Å². The predicted molar refractivity (Wildman–Crippen MR) is 96.1 cm³/mol. The molecular formula is C17H24FN5S. The summed E-state index contributed by atoms with van der Waals surface area (Å²) < 4.78 is 12.9. The smallest absolute Gasteiger partial charge is 0.205 e. The summed E-state index contributed by atoms with van der Waals surface area (Å²) in [5.74, 6) is -0.212. The maximum atomic E-state index is 12.9. The molecule has 2 aromatic rings. The van der Waals surface area contributed by atoms with Gasteiger partial charge in [0, 0.05) is 45.2 Å². The Morgan fingerprint density at radius 1 is 1.17 bits per heavy atom. The van der Waals surface area contributed by atoms with Crippen LogP contribution in [-0.4, -0.2) is 65.8 Å². The van der Waals surface area contributed by atoms with Crippen molar-refractivity contribution >= 4 is 16.5 Å². The van der Waals surface area contributed by atoms with Crippen LogP contribution >= 0.6 is 11.3 Å². The van der Waals surface area contributed by atoms with E-state index in [1.165, 1.54) is 12.1 Å². The summed E-state index contributed by atoms with van der Waals surface area (Å²) in [5, 5.41) is 13.7. The van der Waals surface area contributed by atoms with Gasteiger partial charge in [0.1, 0.15) is 10.8 Å². The SMILES string of the molecule is CC(CN1CCN(C)CC1)Nc1nnc(Cc2ccc(F)cc2)s1. The molecule has 0 saturated carbocycles. The highest BCUT2D eigenvalue weighted by Crippen LogP contribution is 2.19. The van der Waals surface area contributed by atoms with Crippen LogP contribution in [0, 0.1) is 5.82 Å². The maximum absolute atomic E-state index is 12.9. The molecule has 7 heteroatoms. The summed E-state index contributed by atoms with van der Waals surface area (Å²) in [7, 11) is 2.17. The molecule has 1 saturated heterocycles. The number of hydrogen-bond acceptors (Lipinski definition) is 6. The number of nitrogens with zero attached hydrogens (tertiary/aromatic N) is 4. The van der Waals surface area contributed by atoms with E-state index in [1.54, 1.807) is 23.5 Å². The van der Waals surface area contributed by atoms with Crippen LogP contribution in [0.4, 0.5) is 9.52 Å². The molecular weight excluding hydrogens is 325 g/mol. The van der Waals surface area contributed by atoms with Crippen LogP contribution in [0.3, 0.4) is 0 Å². The highest BCUT2D eigenvalue weighted by atomic mass is 32.1. The molecule has 1 N–H and O–H groups in total. The Kier molecular flexibility index (Phi) is 5.76. The molecule has 3 rings (SSSR count). The van der Waals surface area contributed by atoms with Crippen molar-refractivity contribution < 1.29 is 4.39 Å². The van der Waals surface area contributed by atoms with Gasteiger partial charge in [0.2, 0.25) is 5.13 Å². The first-order valence-corrected chi connectivity index (χ1v) is 9.14. The van der Waals surface area contributed by atoms with Crippen molar-refractivity contribution in [3.63, 3.8) is 0 Å². The van der Waals surface area contributed by atoms with Gasteiger partial charge in [-0.2, -0.15) is 0 Å². The minimum Gasteiger partial charge on any atom is -0.356 e. The van der Waals surface area contributed by atoms with E-state index < -0.39 is 0 Å². The second kappa shape index (κ2) is 8.00. The molecule has 1 fully saturated rings. The molecule has 5 nitrogen and oxygen atoms in total. The molecule has 0 bridgehead atoms. The molecule has 24 heavy (non-hydrogen) atoms. The number of halogens is 1. The predicted octanol–water partition coefficient (Wildman–Crippen LogP) is 2.32. The van der Waals surface area contributed by atoms with E-state index in [1.807, 2.05) is 0 Å². The van der Waals surface area contributed by atoms with Crippen molar-refractivity contribution in [3.8, 4) is 0 Å². The fraction of sp³-hybridized carbons (Fsp3) is 0.529. The maximum Gasteiger partial charge on any atom is 0.205 e. The molecule has 0 spiro atoms. The zero-order valence-electron chi connectivity index (χ0n) is 14.2. The second-order valence-electron chi connectivity index (χ2n) is 6.45. The lowest BCUT2D eigenvalue weighted by Gasteiger charge is -2.33. The fourth-order valence-electron chi connectivity index (χ4n) is 2.83. The highest BCUT2D eigenvalue weighted by Gasteiger charge is 2.16. The van der Waals surface area contributed by atoms with Crippen LogP contribution in [0.5, 0.6) is 0 Å². The number of aromatic nitrogens is 2. The lowest BCUT2D eigenvalue weighted by Crippen LogP contribution is -2.47. The summed E-state index contributed by atoms with van der Waals surface area (Å²) in [6.45, 7) is 7.70. The van der Waals surface area contributed by atoms with Gasteiger partial charge >= 0.3 is 0 Å². The number of nitrogens with one attached hydrogen (secondary N) is 1. The second-order valence-corrected chi connectivity index (χ2v) is 7.52. The normalized spacial score (nSPS) is 17.8. The van der Waals surface area contributed by atoms with Gasteiger partial charge in [-0.05, 0) is 31.7 Å². The van der Waals surface area contributed by atoms with Crippen molar-refractivity contribution in [2.75, 3.05) is 45.1 Å². The Bertz CT molecular complexity index is 637. The van der Waals surface area contributed by atoms with Gasteiger partial charge in [-0.15, -0.1) is 10.2 Å². The monoisotopic (exact) mass is 349 g/mol. The summed E-state index contributed by atoms with van der Waals surface area (Å²) in [5.41, 5.74) is 1.05. The molecule has 2 heterocycles. The average molecular weight is 349 g/mol.